The molecule has 2 aliphatic heterocycles. The monoisotopic (exact) mass is 508 g/mol. The summed E-state index contributed by atoms with van der Waals surface area (Å²) in [5.74, 6) is -4.47. The van der Waals surface area contributed by atoms with Crippen LogP contribution in [0, 0.1) is 40.9 Å². The molecule has 0 amide bonds. The molecule has 2 saturated heterocycles. The highest BCUT2D eigenvalue weighted by molar-refractivity contribution is 6.10. The van der Waals surface area contributed by atoms with Crippen LogP contribution in [0.4, 0.5) is 0 Å². The van der Waals surface area contributed by atoms with Gasteiger partial charge in [-0.25, -0.2) is 4.79 Å². The molecule has 1 spiro atoms. The summed E-state index contributed by atoms with van der Waals surface area (Å²) >= 11 is 0. The summed E-state index contributed by atoms with van der Waals surface area (Å²) in [6, 6.07) is 6.91. The number of hydrogen-bond acceptors (Lipinski definition) is 7. The molecule has 4 saturated carbocycles. The first-order chi connectivity index (χ1) is 17.3. The Hall–Kier alpha value is -2.35. The molecule has 6 fully saturated rings. The number of carbonyl (C=O) groups is 3. The average Bonchev–Trinajstić information content (AvgIpc) is 2.85. The molecule has 7 nitrogen and oxygen atoms in total. The van der Waals surface area contributed by atoms with Gasteiger partial charge in [-0.3, -0.25) is 9.59 Å². The van der Waals surface area contributed by atoms with Crippen LogP contribution in [-0.4, -0.2) is 51.8 Å². The topological polar surface area (TPSA) is 110 Å². The van der Waals surface area contributed by atoms with E-state index in [1.807, 2.05) is 6.92 Å². The quantitative estimate of drug-likeness (QED) is 0.462. The number of benzene rings is 1. The second kappa shape index (κ2) is 7.39. The van der Waals surface area contributed by atoms with Gasteiger partial charge in [0, 0.05) is 12.3 Å². The van der Waals surface area contributed by atoms with Gasteiger partial charge >= 0.3 is 5.97 Å². The highest BCUT2D eigenvalue weighted by Gasteiger charge is 2.95. The lowest BCUT2D eigenvalue weighted by atomic mass is 9.23. The maximum Gasteiger partial charge on any atom is 0.339 e. The number of rotatable bonds is 5. The molecule has 1 aromatic rings. The normalized spacial score (nSPS) is 43.3. The van der Waals surface area contributed by atoms with Crippen molar-refractivity contribution in [1.29, 1.82) is 0 Å². The molecular formula is C30H36O7. The van der Waals surface area contributed by atoms with Gasteiger partial charge in [0.25, 0.3) is 0 Å². The largest absolute Gasteiger partial charge is 0.442 e. The number of esters is 1. The molecule has 7 heteroatoms. The maximum atomic E-state index is 14.4. The van der Waals surface area contributed by atoms with Gasteiger partial charge in [0.1, 0.15) is 17.3 Å². The zero-order valence-electron chi connectivity index (χ0n) is 22.0. The minimum Gasteiger partial charge on any atom is -0.442 e. The van der Waals surface area contributed by atoms with Gasteiger partial charge in [-0.1, -0.05) is 45.0 Å². The van der Waals surface area contributed by atoms with E-state index in [0.29, 0.717) is 36.8 Å². The first kappa shape index (κ1) is 25.0. The molecule has 2 heterocycles. The minimum atomic E-state index is -2.12. The van der Waals surface area contributed by atoms with E-state index in [4.69, 9.17) is 9.47 Å². The van der Waals surface area contributed by atoms with Crippen LogP contribution in [0.1, 0.15) is 68.8 Å². The fourth-order valence-electron chi connectivity index (χ4n) is 8.51. The highest BCUT2D eigenvalue weighted by Crippen LogP contribution is 2.83. The van der Waals surface area contributed by atoms with Crippen LogP contribution < -0.4 is 0 Å². The van der Waals surface area contributed by atoms with Gasteiger partial charge in [0.05, 0.1) is 17.6 Å². The number of carbonyl (C=O) groups excluding carboxylic acids is 3. The van der Waals surface area contributed by atoms with E-state index in [9.17, 15) is 24.6 Å². The smallest absolute Gasteiger partial charge is 0.339 e. The Bertz CT molecular complexity index is 1230. The molecule has 8 atom stereocenters. The van der Waals surface area contributed by atoms with E-state index < -0.39 is 51.9 Å². The van der Waals surface area contributed by atoms with E-state index in [2.05, 4.69) is 27.4 Å². The third kappa shape index (κ3) is 2.75. The molecule has 1 aromatic carbocycles. The van der Waals surface area contributed by atoms with Crippen LogP contribution >= 0.6 is 0 Å². The van der Waals surface area contributed by atoms with Crippen molar-refractivity contribution in [1.82, 2.24) is 0 Å². The van der Waals surface area contributed by atoms with Gasteiger partial charge in [0.15, 0.2) is 11.4 Å². The minimum absolute atomic E-state index is 0.0162. The number of aliphatic hydroxyl groups is 2. The SMILES string of the molecule is C=C1[C@@H]2CC[C@H]3[C@@]4(C(=O)CCC(C)(C)C)CO[C@](O)([C@@H](O)C4)[C@]34C(=O)C1(OC(=O)c1ccc(C)cc1)[C@H]24. The van der Waals surface area contributed by atoms with Crippen molar-refractivity contribution in [3.05, 3.63) is 47.5 Å². The van der Waals surface area contributed by atoms with Crippen molar-refractivity contribution < 1.29 is 34.1 Å². The summed E-state index contributed by atoms with van der Waals surface area (Å²) in [7, 11) is 0. The van der Waals surface area contributed by atoms with Crippen molar-refractivity contribution in [2.75, 3.05) is 6.61 Å². The number of aliphatic hydroxyl groups excluding tert-OH is 1. The summed E-state index contributed by atoms with van der Waals surface area (Å²) in [4.78, 5) is 41.4. The molecule has 4 aliphatic carbocycles. The maximum absolute atomic E-state index is 14.4. The Morgan fingerprint density at radius 2 is 1.86 bits per heavy atom. The summed E-state index contributed by atoms with van der Waals surface area (Å²) in [5.41, 5.74) is -2.31. The number of Topliss-reactive ketones (excluding diaryl/α,β-unsaturated/α-hetero) is 2. The molecule has 1 unspecified atom stereocenters. The van der Waals surface area contributed by atoms with Crippen LogP contribution in [0.5, 0.6) is 0 Å². The van der Waals surface area contributed by atoms with Crippen LogP contribution in [0.25, 0.3) is 0 Å². The predicted molar refractivity (Wildman–Crippen MR) is 133 cm³/mol. The van der Waals surface area contributed by atoms with Gasteiger partial charge in [-0.2, -0.15) is 0 Å². The highest BCUT2D eigenvalue weighted by atomic mass is 16.6. The Morgan fingerprint density at radius 3 is 2.49 bits per heavy atom. The molecule has 7 rings (SSSR count). The van der Waals surface area contributed by atoms with E-state index in [0.717, 1.165) is 5.56 Å². The predicted octanol–water partition coefficient (Wildman–Crippen LogP) is 3.54. The summed E-state index contributed by atoms with van der Waals surface area (Å²) in [6.07, 6.45) is 0.899. The Kier molecular flexibility index (Phi) is 4.99. The van der Waals surface area contributed by atoms with Gasteiger partial charge in [-0.15, -0.1) is 0 Å². The third-order valence-electron chi connectivity index (χ3n) is 10.3. The van der Waals surface area contributed by atoms with Crippen molar-refractivity contribution >= 4 is 17.5 Å². The second-order valence-electron chi connectivity index (χ2n) is 13.3. The standard InChI is InChI=1S/C30H36O7/c1-16-6-8-18(9-7-16)24(33)37-29-17(2)19-10-11-20-27(21(31)12-13-26(3,4)5)14-22(32)30(35,36-15-27)28(20,23(19)29)25(29)34/h6-9,19-20,22-23,32,35H,2,10-15H2,1,3-5H3/t19-,20-,22-,23+,27-,28+,29?,30+/m0/s1. The van der Waals surface area contributed by atoms with Crippen molar-refractivity contribution in [2.24, 2.45) is 34.0 Å². The lowest BCUT2D eigenvalue weighted by Crippen LogP contribution is -2.95. The van der Waals surface area contributed by atoms with E-state index in [1.165, 1.54) is 0 Å². The van der Waals surface area contributed by atoms with Gasteiger partial charge < -0.3 is 19.7 Å². The van der Waals surface area contributed by atoms with Gasteiger partial charge in [-0.05, 0) is 67.6 Å². The molecule has 0 radical (unpaired) electrons. The molecule has 2 bridgehead atoms. The van der Waals surface area contributed by atoms with Crippen LogP contribution in [0.3, 0.4) is 0 Å². The van der Waals surface area contributed by atoms with Crippen LogP contribution in [0.15, 0.2) is 36.4 Å². The number of hydrogen-bond donors (Lipinski definition) is 2. The Balaban J connectivity index is 1.39. The van der Waals surface area contributed by atoms with Crippen LogP contribution in [0.2, 0.25) is 0 Å². The molecule has 0 aromatic heterocycles. The number of ketones is 2. The van der Waals surface area contributed by atoms with E-state index >= 15 is 0 Å². The lowest BCUT2D eigenvalue weighted by molar-refractivity contribution is -0.443. The summed E-state index contributed by atoms with van der Waals surface area (Å²) in [6.45, 7) is 12.3. The first-order valence-corrected chi connectivity index (χ1v) is 13.4. The first-order valence-electron chi connectivity index (χ1n) is 13.4. The summed E-state index contributed by atoms with van der Waals surface area (Å²) < 4.78 is 11.9. The zero-order valence-corrected chi connectivity index (χ0v) is 22.0. The number of ether oxygens (including phenoxy) is 2. The molecule has 37 heavy (non-hydrogen) atoms. The second-order valence-corrected chi connectivity index (χ2v) is 13.3. The van der Waals surface area contributed by atoms with Crippen molar-refractivity contribution in [3.8, 4) is 0 Å². The fourth-order valence-corrected chi connectivity index (χ4v) is 8.51. The third-order valence-corrected chi connectivity index (χ3v) is 10.3. The summed E-state index contributed by atoms with van der Waals surface area (Å²) in [5, 5.41) is 23.0. The lowest BCUT2D eigenvalue weighted by Gasteiger charge is -2.81. The van der Waals surface area contributed by atoms with E-state index in [1.54, 1.807) is 24.3 Å². The molecule has 198 valence electrons. The van der Waals surface area contributed by atoms with Gasteiger partial charge in [0.2, 0.25) is 5.79 Å². The van der Waals surface area contributed by atoms with Crippen molar-refractivity contribution in [2.45, 2.75) is 77.3 Å². The molecule has 6 aliphatic rings. The molecular weight excluding hydrogens is 472 g/mol. The number of fused-ring (bicyclic) bond motifs is 2. The van der Waals surface area contributed by atoms with E-state index in [-0.39, 0.29) is 30.1 Å². The molecule has 2 N–H and O–H groups in total. The number of aryl methyl sites for hydroxylation is 1. The van der Waals surface area contributed by atoms with Crippen LogP contribution in [-0.2, 0) is 19.1 Å². The van der Waals surface area contributed by atoms with Crippen molar-refractivity contribution in [3.63, 3.8) is 0 Å². The zero-order chi connectivity index (χ0) is 26.8. The Labute approximate surface area is 217 Å². The average molecular weight is 509 g/mol. The fraction of sp³-hybridized carbons (Fsp3) is 0.633. The Morgan fingerprint density at radius 1 is 1.19 bits per heavy atom.